The summed E-state index contributed by atoms with van der Waals surface area (Å²) in [7, 11) is -3.45. The molecule has 1 saturated heterocycles. The van der Waals surface area contributed by atoms with E-state index in [4.69, 9.17) is 5.73 Å². The van der Waals surface area contributed by atoms with Crippen LogP contribution in [0.4, 0.5) is 0 Å². The van der Waals surface area contributed by atoms with E-state index in [1.807, 2.05) is 0 Å². The third-order valence-corrected chi connectivity index (χ3v) is 6.43. The van der Waals surface area contributed by atoms with Crippen LogP contribution < -0.4 is 11.1 Å². The molecule has 19 heavy (non-hydrogen) atoms. The smallest absolute Gasteiger partial charge is 0.252 e. The van der Waals surface area contributed by atoms with Gasteiger partial charge in [0, 0.05) is 37.5 Å². The molecular weight excluding hydrogens is 286 g/mol. The van der Waals surface area contributed by atoms with E-state index in [1.54, 1.807) is 12.1 Å². The average molecular weight is 303 g/mol. The minimum absolute atomic E-state index is 0.0961. The summed E-state index contributed by atoms with van der Waals surface area (Å²) in [6.07, 6.45) is 0.647. The minimum Gasteiger partial charge on any atom is -0.352 e. The Hall–Kier alpha value is -0.960. The molecule has 1 fully saturated rings. The van der Waals surface area contributed by atoms with E-state index < -0.39 is 10.0 Å². The van der Waals surface area contributed by atoms with Gasteiger partial charge in [0.05, 0.1) is 0 Å². The van der Waals surface area contributed by atoms with Crippen molar-refractivity contribution in [1.82, 2.24) is 9.62 Å². The fourth-order valence-corrected chi connectivity index (χ4v) is 4.97. The second-order valence-electron chi connectivity index (χ2n) is 4.47. The Balaban J connectivity index is 2.11. The van der Waals surface area contributed by atoms with Crippen molar-refractivity contribution in [3.63, 3.8) is 0 Å². The molecule has 1 aliphatic heterocycles. The number of hydrogen-bond acceptors (Lipinski definition) is 5. The zero-order valence-corrected chi connectivity index (χ0v) is 12.3. The van der Waals surface area contributed by atoms with Crippen molar-refractivity contribution in [1.29, 1.82) is 0 Å². The summed E-state index contributed by atoms with van der Waals surface area (Å²) in [5, 5.41) is 2.75. The predicted octanol–water partition coefficient (Wildman–Crippen LogP) is 0.106. The lowest BCUT2D eigenvalue weighted by molar-refractivity contribution is -0.119. The van der Waals surface area contributed by atoms with Gasteiger partial charge in [0.2, 0.25) is 5.91 Å². The normalized spacial score (nSPS) is 20.6. The Labute approximate surface area is 116 Å². The third-order valence-electron chi connectivity index (χ3n) is 2.99. The van der Waals surface area contributed by atoms with E-state index in [1.165, 1.54) is 22.6 Å². The summed E-state index contributed by atoms with van der Waals surface area (Å²) in [6.45, 7) is 2.54. The molecule has 0 saturated carbocycles. The van der Waals surface area contributed by atoms with Crippen LogP contribution in [0.25, 0.3) is 0 Å². The number of hydrogen-bond donors (Lipinski definition) is 2. The number of amides is 1. The van der Waals surface area contributed by atoms with Crippen molar-refractivity contribution in [3.05, 3.63) is 17.0 Å². The number of thiophene rings is 1. The Bertz CT molecular complexity index is 567. The summed E-state index contributed by atoms with van der Waals surface area (Å²) in [5.74, 6) is -0.134. The Morgan fingerprint density at radius 3 is 2.89 bits per heavy atom. The molecule has 1 aromatic heterocycles. The summed E-state index contributed by atoms with van der Waals surface area (Å²) >= 11 is 1.20. The first kappa shape index (κ1) is 14.4. The number of rotatable bonds is 4. The molecule has 1 aliphatic rings. The molecule has 2 heterocycles. The maximum absolute atomic E-state index is 12.4. The van der Waals surface area contributed by atoms with Gasteiger partial charge in [-0.2, -0.15) is 4.31 Å². The molecule has 0 radical (unpaired) electrons. The molecule has 106 valence electrons. The van der Waals surface area contributed by atoms with Gasteiger partial charge in [-0.1, -0.05) is 0 Å². The highest BCUT2D eigenvalue weighted by molar-refractivity contribution is 7.91. The molecule has 1 unspecified atom stereocenters. The zero-order chi connectivity index (χ0) is 14.0. The maximum atomic E-state index is 12.4. The molecule has 3 N–H and O–H groups in total. The van der Waals surface area contributed by atoms with E-state index in [0.29, 0.717) is 30.3 Å². The largest absolute Gasteiger partial charge is 0.352 e. The van der Waals surface area contributed by atoms with E-state index in [0.717, 1.165) is 4.88 Å². The lowest BCUT2D eigenvalue weighted by Crippen LogP contribution is -2.37. The van der Waals surface area contributed by atoms with Crippen LogP contribution in [0.1, 0.15) is 18.2 Å². The monoisotopic (exact) mass is 303 g/mol. The molecule has 8 heteroatoms. The van der Waals surface area contributed by atoms with E-state index in [2.05, 4.69) is 5.32 Å². The molecule has 1 aromatic rings. The molecular formula is C11H17N3O3S2. The molecule has 0 bridgehead atoms. The molecule has 0 aliphatic carbocycles. The zero-order valence-electron chi connectivity index (χ0n) is 10.6. The number of sulfonamides is 1. The Morgan fingerprint density at radius 1 is 1.58 bits per heavy atom. The Morgan fingerprint density at radius 2 is 2.32 bits per heavy atom. The van der Waals surface area contributed by atoms with Crippen molar-refractivity contribution >= 4 is 27.3 Å². The van der Waals surface area contributed by atoms with Crippen molar-refractivity contribution in [3.8, 4) is 0 Å². The van der Waals surface area contributed by atoms with Gasteiger partial charge in [-0.25, -0.2) is 8.42 Å². The second-order valence-corrected chi connectivity index (χ2v) is 7.81. The van der Waals surface area contributed by atoms with Gasteiger partial charge in [-0.15, -0.1) is 11.3 Å². The van der Waals surface area contributed by atoms with Crippen LogP contribution in [0.3, 0.4) is 0 Å². The van der Waals surface area contributed by atoms with Crippen LogP contribution in [0, 0.1) is 0 Å². The standard InChI is InChI=1S/C11H17N3O3S2/c1-8(15)13-9-4-5-14(7-9)19(16,17)11-3-2-10(6-12)18-11/h2-3,9H,4-7,12H2,1H3,(H,13,15). The first-order valence-corrected chi connectivity index (χ1v) is 8.25. The van der Waals surface area contributed by atoms with E-state index in [-0.39, 0.29) is 11.9 Å². The van der Waals surface area contributed by atoms with Crippen molar-refractivity contribution in [2.45, 2.75) is 30.1 Å². The molecule has 1 amide bonds. The highest BCUT2D eigenvalue weighted by Gasteiger charge is 2.33. The first-order chi connectivity index (χ1) is 8.93. The Kier molecular flexibility index (Phi) is 4.24. The van der Waals surface area contributed by atoms with Crippen molar-refractivity contribution in [2.75, 3.05) is 13.1 Å². The molecule has 2 rings (SSSR count). The van der Waals surface area contributed by atoms with Gasteiger partial charge in [-0.3, -0.25) is 4.79 Å². The minimum atomic E-state index is -3.45. The van der Waals surface area contributed by atoms with Crippen LogP contribution in [0.5, 0.6) is 0 Å². The second kappa shape index (κ2) is 5.58. The van der Waals surface area contributed by atoms with Gasteiger partial charge in [0.25, 0.3) is 10.0 Å². The number of nitrogens with two attached hydrogens (primary N) is 1. The number of nitrogens with zero attached hydrogens (tertiary/aromatic N) is 1. The lowest BCUT2D eigenvalue weighted by Gasteiger charge is -2.15. The lowest BCUT2D eigenvalue weighted by atomic mass is 10.3. The first-order valence-electron chi connectivity index (χ1n) is 5.99. The van der Waals surface area contributed by atoms with Crippen LogP contribution >= 0.6 is 11.3 Å². The summed E-state index contributed by atoms with van der Waals surface area (Å²) in [6, 6.07) is 3.23. The van der Waals surface area contributed by atoms with E-state index in [9.17, 15) is 13.2 Å². The molecule has 0 spiro atoms. The summed E-state index contributed by atoms with van der Waals surface area (Å²) < 4.78 is 26.5. The molecule has 6 nitrogen and oxygen atoms in total. The van der Waals surface area contributed by atoms with Crippen LogP contribution in [0.15, 0.2) is 16.3 Å². The van der Waals surface area contributed by atoms with Crippen LogP contribution in [-0.2, 0) is 21.4 Å². The SMILES string of the molecule is CC(=O)NC1CCN(S(=O)(=O)c2ccc(CN)s2)C1. The van der Waals surface area contributed by atoms with Crippen LogP contribution in [-0.4, -0.2) is 37.8 Å². The number of carbonyl (C=O) groups excluding carboxylic acids is 1. The summed E-state index contributed by atoms with van der Waals surface area (Å²) in [5.41, 5.74) is 5.49. The number of nitrogens with one attached hydrogen (secondary N) is 1. The highest BCUT2D eigenvalue weighted by Crippen LogP contribution is 2.27. The number of carbonyl (C=O) groups is 1. The van der Waals surface area contributed by atoms with Gasteiger partial charge in [0.1, 0.15) is 4.21 Å². The molecule has 0 aromatic carbocycles. The van der Waals surface area contributed by atoms with Gasteiger partial charge in [0.15, 0.2) is 0 Å². The quantitative estimate of drug-likeness (QED) is 0.825. The van der Waals surface area contributed by atoms with Gasteiger partial charge >= 0.3 is 0 Å². The van der Waals surface area contributed by atoms with Crippen molar-refractivity contribution < 1.29 is 13.2 Å². The van der Waals surface area contributed by atoms with Crippen molar-refractivity contribution in [2.24, 2.45) is 5.73 Å². The predicted molar refractivity (Wildman–Crippen MR) is 73.2 cm³/mol. The summed E-state index contributed by atoms with van der Waals surface area (Å²) in [4.78, 5) is 11.8. The van der Waals surface area contributed by atoms with Gasteiger partial charge < -0.3 is 11.1 Å². The fraction of sp³-hybridized carbons (Fsp3) is 0.545. The highest BCUT2D eigenvalue weighted by atomic mass is 32.2. The topological polar surface area (TPSA) is 92.5 Å². The maximum Gasteiger partial charge on any atom is 0.252 e. The van der Waals surface area contributed by atoms with Gasteiger partial charge in [-0.05, 0) is 18.6 Å². The third kappa shape index (κ3) is 3.14. The van der Waals surface area contributed by atoms with E-state index >= 15 is 0 Å². The average Bonchev–Trinajstić information content (AvgIpc) is 2.96. The van der Waals surface area contributed by atoms with Crippen LogP contribution in [0.2, 0.25) is 0 Å². The fourth-order valence-electron chi connectivity index (χ4n) is 2.09. The molecule has 1 atom stereocenters.